The predicted molar refractivity (Wildman–Crippen MR) is 75.1 cm³/mol. The summed E-state index contributed by atoms with van der Waals surface area (Å²) in [5.74, 6) is 0.911. The van der Waals surface area contributed by atoms with Crippen LogP contribution in [0, 0.1) is 6.92 Å². The van der Waals surface area contributed by atoms with Crippen molar-refractivity contribution in [3.63, 3.8) is 0 Å². The summed E-state index contributed by atoms with van der Waals surface area (Å²) in [6, 6.07) is 8.24. The first-order valence-electron chi connectivity index (χ1n) is 6.44. The number of nitrogens with one attached hydrogen (secondary N) is 1. The summed E-state index contributed by atoms with van der Waals surface area (Å²) < 4.78 is 5.67. The molecule has 0 bridgehead atoms. The van der Waals surface area contributed by atoms with Gasteiger partial charge in [-0.1, -0.05) is 12.1 Å². The van der Waals surface area contributed by atoms with Crippen molar-refractivity contribution in [3.05, 3.63) is 54.1 Å². The maximum absolute atomic E-state index is 5.67. The summed E-state index contributed by atoms with van der Waals surface area (Å²) in [5.41, 5.74) is 2.15. The van der Waals surface area contributed by atoms with Gasteiger partial charge in [0.05, 0.1) is 5.69 Å². The van der Waals surface area contributed by atoms with Crippen LogP contribution in [0.5, 0.6) is 5.75 Å². The van der Waals surface area contributed by atoms with Crippen molar-refractivity contribution < 1.29 is 4.74 Å². The predicted octanol–water partition coefficient (Wildman–Crippen LogP) is 2.51. The van der Waals surface area contributed by atoms with Crippen LogP contribution in [0.4, 0.5) is 0 Å². The molecule has 1 heterocycles. The molecule has 0 saturated carbocycles. The second-order valence-corrected chi connectivity index (χ2v) is 4.47. The Bertz CT molecular complexity index is 502. The highest BCUT2D eigenvalue weighted by molar-refractivity contribution is 5.27. The van der Waals surface area contributed by atoms with Crippen LogP contribution in [0.2, 0.25) is 0 Å². The average molecular weight is 257 g/mol. The van der Waals surface area contributed by atoms with Gasteiger partial charge in [0.25, 0.3) is 0 Å². The fourth-order valence-electron chi connectivity index (χ4n) is 1.79. The fourth-order valence-corrected chi connectivity index (χ4v) is 1.79. The van der Waals surface area contributed by atoms with Gasteiger partial charge in [-0.25, -0.2) is 0 Å². The van der Waals surface area contributed by atoms with Crippen molar-refractivity contribution in [1.29, 1.82) is 0 Å². The van der Waals surface area contributed by atoms with Gasteiger partial charge in [0.15, 0.2) is 0 Å². The Kier molecular flexibility index (Phi) is 4.86. The molecule has 0 fully saturated rings. The van der Waals surface area contributed by atoms with Gasteiger partial charge in [-0.2, -0.15) is 0 Å². The highest BCUT2D eigenvalue weighted by atomic mass is 16.5. The molecule has 0 aliphatic rings. The van der Waals surface area contributed by atoms with E-state index < -0.39 is 0 Å². The van der Waals surface area contributed by atoms with Gasteiger partial charge >= 0.3 is 0 Å². The van der Waals surface area contributed by atoms with E-state index in [1.54, 1.807) is 18.6 Å². The average Bonchev–Trinajstić information content (AvgIpc) is 2.44. The van der Waals surface area contributed by atoms with Crippen molar-refractivity contribution in [3.8, 4) is 5.75 Å². The number of ether oxygens (including phenoxy) is 1. The van der Waals surface area contributed by atoms with Gasteiger partial charge in [0.2, 0.25) is 0 Å². The molecule has 1 N–H and O–H groups in total. The molecule has 4 heteroatoms. The van der Waals surface area contributed by atoms with E-state index in [9.17, 15) is 0 Å². The van der Waals surface area contributed by atoms with Crippen molar-refractivity contribution >= 4 is 0 Å². The number of nitrogens with zero attached hydrogens (tertiary/aromatic N) is 2. The normalized spacial score (nSPS) is 12.1. The molecule has 0 radical (unpaired) electrons. The molecule has 1 aromatic heterocycles. The van der Waals surface area contributed by atoms with E-state index in [4.69, 9.17) is 4.74 Å². The van der Waals surface area contributed by atoms with Crippen LogP contribution in [0.3, 0.4) is 0 Å². The molecule has 19 heavy (non-hydrogen) atoms. The van der Waals surface area contributed by atoms with Gasteiger partial charge in [-0.3, -0.25) is 9.97 Å². The smallest absolute Gasteiger partial charge is 0.119 e. The molecule has 0 aliphatic heterocycles. The van der Waals surface area contributed by atoms with Crippen LogP contribution < -0.4 is 10.1 Å². The summed E-state index contributed by atoms with van der Waals surface area (Å²) in [6.45, 7) is 5.53. The largest absolute Gasteiger partial charge is 0.492 e. The quantitative estimate of drug-likeness (QED) is 0.808. The lowest BCUT2D eigenvalue weighted by Crippen LogP contribution is -2.25. The third-order valence-electron chi connectivity index (χ3n) is 2.84. The number of hydrogen-bond acceptors (Lipinski definition) is 4. The van der Waals surface area contributed by atoms with Crippen molar-refractivity contribution in [1.82, 2.24) is 15.3 Å². The first kappa shape index (κ1) is 13.5. The molecule has 2 aromatic rings. The second-order valence-electron chi connectivity index (χ2n) is 4.47. The van der Waals surface area contributed by atoms with E-state index in [0.717, 1.165) is 18.0 Å². The summed E-state index contributed by atoms with van der Waals surface area (Å²) in [4.78, 5) is 8.32. The monoisotopic (exact) mass is 257 g/mol. The lowest BCUT2D eigenvalue weighted by Gasteiger charge is -2.13. The molecule has 1 atom stereocenters. The zero-order chi connectivity index (χ0) is 13.5. The van der Waals surface area contributed by atoms with Gasteiger partial charge in [0.1, 0.15) is 12.4 Å². The Morgan fingerprint density at radius 2 is 2.21 bits per heavy atom. The second kappa shape index (κ2) is 6.85. The van der Waals surface area contributed by atoms with Gasteiger partial charge < -0.3 is 10.1 Å². The number of aromatic nitrogens is 2. The molecule has 0 aliphatic carbocycles. The summed E-state index contributed by atoms with van der Waals surface area (Å²) in [5, 5.41) is 3.36. The van der Waals surface area contributed by atoms with Crippen LogP contribution >= 0.6 is 0 Å². The molecule has 2 rings (SSSR count). The van der Waals surface area contributed by atoms with Gasteiger partial charge in [-0.15, -0.1) is 0 Å². The molecule has 0 saturated heterocycles. The SMILES string of the molecule is Cc1cccc(OCCNC(C)c2cnccn2)c1. The van der Waals surface area contributed by atoms with E-state index >= 15 is 0 Å². The minimum absolute atomic E-state index is 0.176. The zero-order valence-corrected chi connectivity index (χ0v) is 11.3. The topological polar surface area (TPSA) is 47.0 Å². The van der Waals surface area contributed by atoms with E-state index in [1.807, 2.05) is 18.2 Å². The van der Waals surface area contributed by atoms with Crippen LogP contribution in [0.25, 0.3) is 0 Å². The van der Waals surface area contributed by atoms with Crippen molar-refractivity contribution in [2.75, 3.05) is 13.2 Å². The number of rotatable bonds is 6. The molecule has 100 valence electrons. The molecular weight excluding hydrogens is 238 g/mol. The molecule has 0 spiro atoms. The maximum atomic E-state index is 5.67. The van der Waals surface area contributed by atoms with E-state index in [1.165, 1.54) is 5.56 Å². The first-order valence-corrected chi connectivity index (χ1v) is 6.44. The van der Waals surface area contributed by atoms with E-state index in [0.29, 0.717) is 6.61 Å². The number of aryl methyl sites for hydroxylation is 1. The van der Waals surface area contributed by atoms with E-state index in [2.05, 4.69) is 35.2 Å². The van der Waals surface area contributed by atoms with E-state index in [-0.39, 0.29) is 6.04 Å². The summed E-state index contributed by atoms with van der Waals surface area (Å²) in [7, 11) is 0. The zero-order valence-electron chi connectivity index (χ0n) is 11.3. The standard InChI is InChI=1S/C15H19N3O/c1-12-4-3-5-14(10-12)19-9-8-17-13(2)15-11-16-6-7-18-15/h3-7,10-11,13,17H,8-9H2,1-2H3. The Morgan fingerprint density at radius 3 is 2.95 bits per heavy atom. The van der Waals surface area contributed by atoms with Gasteiger partial charge in [-0.05, 0) is 31.5 Å². The van der Waals surface area contributed by atoms with Crippen LogP contribution in [0.15, 0.2) is 42.9 Å². The lowest BCUT2D eigenvalue weighted by atomic mass is 10.2. The Labute approximate surface area is 113 Å². The maximum Gasteiger partial charge on any atom is 0.119 e. The molecule has 1 unspecified atom stereocenters. The number of hydrogen-bond donors (Lipinski definition) is 1. The number of benzene rings is 1. The van der Waals surface area contributed by atoms with Gasteiger partial charge in [0, 0.05) is 31.2 Å². The van der Waals surface area contributed by atoms with Crippen LogP contribution in [-0.2, 0) is 0 Å². The van der Waals surface area contributed by atoms with Crippen molar-refractivity contribution in [2.45, 2.75) is 19.9 Å². The molecule has 1 aromatic carbocycles. The summed E-state index contributed by atoms with van der Waals surface area (Å²) >= 11 is 0. The summed E-state index contributed by atoms with van der Waals surface area (Å²) in [6.07, 6.45) is 5.16. The third kappa shape index (κ3) is 4.34. The molecule has 0 amide bonds. The first-order chi connectivity index (χ1) is 9.25. The van der Waals surface area contributed by atoms with Crippen LogP contribution in [-0.4, -0.2) is 23.1 Å². The Balaban J connectivity index is 1.72. The van der Waals surface area contributed by atoms with Crippen LogP contribution in [0.1, 0.15) is 24.2 Å². The van der Waals surface area contributed by atoms with Crippen molar-refractivity contribution in [2.24, 2.45) is 0 Å². The highest BCUT2D eigenvalue weighted by Gasteiger charge is 2.05. The minimum Gasteiger partial charge on any atom is -0.492 e. The fraction of sp³-hybridized carbons (Fsp3) is 0.333. The minimum atomic E-state index is 0.176. The third-order valence-corrected chi connectivity index (χ3v) is 2.84. The lowest BCUT2D eigenvalue weighted by molar-refractivity contribution is 0.307. The molecular formula is C15H19N3O. The highest BCUT2D eigenvalue weighted by Crippen LogP contribution is 2.12. The Morgan fingerprint density at radius 1 is 1.32 bits per heavy atom. The molecule has 4 nitrogen and oxygen atoms in total. The Hall–Kier alpha value is -1.94.